The molecule has 5 heteroatoms. The summed E-state index contributed by atoms with van der Waals surface area (Å²) < 4.78 is 5.51. The first kappa shape index (κ1) is 18.3. The highest BCUT2D eigenvalue weighted by Crippen LogP contribution is 2.17. The fourth-order valence-corrected chi connectivity index (χ4v) is 2.13. The summed E-state index contributed by atoms with van der Waals surface area (Å²) in [5, 5.41) is 11.7. The highest BCUT2D eigenvalue weighted by atomic mass is 16.5. The van der Waals surface area contributed by atoms with E-state index in [0.717, 1.165) is 23.3 Å². The van der Waals surface area contributed by atoms with Gasteiger partial charge in [0.2, 0.25) is 5.91 Å². The van der Waals surface area contributed by atoms with E-state index in [1.54, 1.807) is 19.1 Å². The summed E-state index contributed by atoms with van der Waals surface area (Å²) in [6.07, 6.45) is 4.05. The van der Waals surface area contributed by atoms with E-state index in [4.69, 9.17) is 9.84 Å². The van der Waals surface area contributed by atoms with Crippen molar-refractivity contribution < 1.29 is 19.4 Å². The van der Waals surface area contributed by atoms with Crippen molar-refractivity contribution in [3.05, 3.63) is 65.2 Å². The highest BCUT2D eigenvalue weighted by molar-refractivity contribution is 6.03. The Morgan fingerprint density at radius 3 is 2.52 bits per heavy atom. The maximum absolute atomic E-state index is 12.1. The standard InChI is InChI=1S/C20H21NO4/c1-3-12-25-17-9-5-15(6-10-17)7-11-19(22)21-18-13-16(20(23)24)8-4-14(18)2/h4-11,13H,3,12H2,1-2H3,(H,21,22)(H,23,24)/b11-7+. The van der Waals surface area contributed by atoms with Gasteiger partial charge < -0.3 is 15.2 Å². The molecule has 0 aliphatic rings. The van der Waals surface area contributed by atoms with Gasteiger partial charge in [0.25, 0.3) is 0 Å². The topological polar surface area (TPSA) is 75.6 Å². The molecule has 2 aromatic carbocycles. The van der Waals surface area contributed by atoms with Crippen molar-refractivity contribution in [3.8, 4) is 5.75 Å². The number of carboxylic acids is 1. The Hall–Kier alpha value is -3.08. The van der Waals surface area contributed by atoms with Crippen molar-refractivity contribution in [2.24, 2.45) is 0 Å². The number of nitrogens with one attached hydrogen (secondary N) is 1. The molecule has 0 fully saturated rings. The van der Waals surface area contributed by atoms with Crippen molar-refractivity contribution in [1.82, 2.24) is 0 Å². The van der Waals surface area contributed by atoms with E-state index in [0.29, 0.717) is 12.3 Å². The molecule has 0 spiro atoms. The van der Waals surface area contributed by atoms with Gasteiger partial charge >= 0.3 is 5.97 Å². The second-order valence-electron chi connectivity index (χ2n) is 5.57. The number of carbonyl (C=O) groups is 2. The van der Waals surface area contributed by atoms with Crippen LogP contribution in [0, 0.1) is 6.92 Å². The van der Waals surface area contributed by atoms with Gasteiger partial charge in [-0.05, 0) is 54.8 Å². The molecule has 0 unspecified atom stereocenters. The summed E-state index contributed by atoms with van der Waals surface area (Å²) in [6, 6.07) is 12.1. The largest absolute Gasteiger partial charge is 0.494 e. The first-order valence-corrected chi connectivity index (χ1v) is 8.05. The van der Waals surface area contributed by atoms with Crippen LogP contribution in [0.1, 0.15) is 34.8 Å². The summed E-state index contributed by atoms with van der Waals surface area (Å²) in [4.78, 5) is 23.1. The highest BCUT2D eigenvalue weighted by Gasteiger charge is 2.07. The lowest BCUT2D eigenvalue weighted by Crippen LogP contribution is -2.10. The van der Waals surface area contributed by atoms with E-state index in [1.807, 2.05) is 31.2 Å². The third-order valence-electron chi connectivity index (χ3n) is 3.52. The quantitative estimate of drug-likeness (QED) is 0.744. The number of hydrogen-bond donors (Lipinski definition) is 2. The van der Waals surface area contributed by atoms with Crippen LogP contribution in [-0.4, -0.2) is 23.6 Å². The molecular weight excluding hydrogens is 318 g/mol. The van der Waals surface area contributed by atoms with Gasteiger partial charge in [0.05, 0.1) is 12.2 Å². The number of aryl methyl sites for hydroxylation is 1. The molecular formula is C20H21NO4. The second kappa shape index (κ2) is 8.68. The maximum Gasteiger partial charge on any atom is 0.335 e. The Morgan fingerprint density at radius 1 is 1.16 bits per heavy atom. The van der Waals surface area contributed by atoms with E-state index in [2.05, 4.69) is 5.32 Å². The van der Waals surface area contributed by atoms with Crippen LogP contribution in [0.2, 0.25) is 0 Å². The Kier molecular flexibility index (Phi) is 6.34. The summed E-state index contributed by atoms with van der Waals surface area (Å²) in [7, 11) is 0. The SMILES string of the molecule is CCCOc1ccc(/C=C/C(=O)Nc2cc(C(=O)O)ccc2C)cc1. The minimum atomic E-state index is -1.03. The third kappa shape index (κ3) is 5.49. The zero-order valence-corrected chi connectivity index (χ0v) is 14.3. The van der Waals surface area contributed by atoms with Gasteiger partial charge in [-0.3, -0.25) is 4.79 Å². The minimum Gasteiger partial charge on any atom is -0.494 e. The van der Waals surface area contributed by atoms with Crippen molar-refractivity contribution in [2.45, 2.75) is 20.3 Å². The Balaban J connectivity index is 2.01. The number of aromatic carboxylic acids is 1. The molecule has 0 bridgehead atoms. The van der Waals surface area contributed by atoms with Crippen LogP contribution in [0.25, 0.3) is 6.08 Å². The smallest absolute Gasteiger partial charge is 0.335 e. The van der Waals surface area contributed by atoms with Crippen LogP contribution < -0.4 is 10.1 Å². The predicted octanol–water partition coefficient (Wildman–Crippen LogP) is 4.13. The van der Waals surface area contributed by atoms with Crippen LogP contribution in [0.3, 0.4) is 0 Å². The van der Waals surface area contributed by atoms with Gasteiger partial charge in [0.15, 0.2) is 0 Å². The van der Waals surface area contributed by atoms with Gasteiger partial charge in [0, 0.05) is 11.8 Å². The first-order chi connectivity index (χ1) is 12.0. The molecule has 0 atom stereocenters. The summed E-state index contributed by atoms with van der Waals surface area (Å²) in [6.45, 7) is 4.52. The van der Waals surface area contributed by atoms with Crippen molar-refractivity contribution in [3.63, 3.8) is 0 Å². The lowest BCUT2D eigenvalue weighted by molar-refractivity contribution is -0.111. The van der Waals surface area contributed by atoms with Crippen LogP contribution in [-0.2, 0) is 4.79 Å². The van der Waals surface area contributed by atoms with Crippen LogP contribution >= 0.6 is 0 Å². The lowest BCUT2D eigenvalue weighted by Gasteiger charge is -2.07. The number of rotatable bonds is 7. The third-order valence-corrected chi connectivity index (χ3v) is 3.52. The Labute approximate surface area is 146 Å². The molecule has 130 valence electrons. The molecule has 2 rings (SSSR count). The number of carboxylic acid groups (broad SMARTS) is 1. The molecule has 2 aromatic rings. The number of carbonyl (C=O) groups excluding carboxylic acids is 1. The van der Waals surface area contributed by atoms with E-state index < -0.39 is 5.97 Å². The number of benzene rings is 2. The van der Waals surface area contributed by atoms with E-state index in [9.17, 15) is 9.59 Å². The van der Waals surface area contributed by atoms with Crippen molar-refractivity contribution >= 4 is 23.6 Å². The number of hydrogen-bond acceptors (Lipinski definition) is 3. The molecule has 0 aliphatic carbocycles. The van der Waals surface area contributed by atoms with E-state index >= 15 is 0 Å². The molecule has 0 saturated heterocycles. The average molecular weight is 339 g/mol. The fourth-order valence-electron chi connectivity index (χ4n) is 2.13. The van der Waals surface area contributed by atoms with Crippen LogP contribution in [0.5, 0.6) is 5.75 Å². The maximum atomic E-state index is 12.1. The van der Waals surface area contributed by atoms with Crippen LogP contribution in [0.15, 0.2) is 48.5 Å². The van der Waals surface area contributed by atoms with E-state index in [-0.39, 0.29) is 11.5 Å². The van der Waals surface area contributed by atoms with Crippen molar-refractivity contribution in [1.29, 1.82) is 0 Å². The normalized spacial score (nSPS) is 10.6. The van der Waals surface area contributed by atoms with Gasteiger partial charge in [-0.25, -0.2) is 4.79 Å². The van der Waals surface area contributed by atoms with Gasteiger partial charge in [-0.2, -0.15) is 0 Å². The first-order valence-electron chi connectivity index (χ1n) is 8.05. The minimum absolute atomic E-state index is 0.132. The molecule has 0 aromatic heterocycles. The fraction of sp³-hybridized carbons (Fsp3) is 0.200. The summed E-state index contributed by atoms with van der Waals surface area (Å²) >= 11 is 0. The molecule has 1 amide bonds. The zero-order chi connectivity index (χ0) is 18.2. The van der Waals surface area contributed by atoms with Gasteiger partial charge in [0.1, 0.15) is 5.75 Å². The molecule has 0 aliphatic heterocycles. The van der Waals surface area contributed by atoms with Crippen LogP contribution in [0.4, 0.5) is 5.69 Å². The molecule has 2 N–H and O–H groups in total. The van der Waals surface area contributed by atoms with Gasteiger partial charge in [-0.15, -0.1) is 0 Å². The second-order valence-corrected chi connectivity index (χ2v) is 5.57. The predicted molar refractivity (Wildman–Crippen MR) is 98.0 cm³/mol. The number of amides is 1. The summed E-state index contributed by atoms with van der Waals surface area (Å²) in [5.74, 6) is -0.557. The zero-order valence-electron chi connectivity index (χ0n) is 14.3. The van der Waals surface area contributed by atoms with E-state index in [1.165, 1.54) is 18.2 Å². The molecule has 0 heterocycles. The Morgan fingerprint density at radius 2 is 1.88 bits per heavy atom. The molecule has 25 heavy (non-hydrogen) atoms. The summed E-state index contributed by atoms with van der Waals surface area (Å²) in [5.41, 5.74) is 2.28. The number of anilines is 1. The molecule has 0 saturated carbocycles. The Bertz CT molecular complexity index is 779. The molecule has 0 radical (unpaired) electrons. The monoisotopic (exact) mass is 339 g/mol. The van der Waals surface area contributed by atoms with Crippen molar-refractivity contribution in [2.75, 3.05) is 11.9 Å². The lowest BCUT2D eigenvalue weighted by atomic mass is 10.1. The number of ether oxygens (including phenoxy) is 1. The molecule has 5 nitrogen and oxygen atoms in total. The average Bonchev–Trinajstić information content (AvgIpc) is 2.60. The van der Waals surface area contributed by atoms with Gasteiger partial charge in [-0.1, -0.05) is 25.1 Å².